The van der Waals surface area contributed by atoms with Gasteiger partial charge in [-0.15, -0.1) is 0 Å². The Morgan fingerprint density at radius 2 is 1.68 bits per heavy atom. The van der Waals surface area contributed by atoms with Crippen LogP contribution in [0.3, 0.4) is 0 Å². The van der Waals surface area contributed by atoms with Crippen molar-refractivity contribution in [3.8, 4) is 11.5 Å². The van der Waals surface area contributed by atoms with Crippen molar-refractivity contribution >= 4 is 58.1 Å². The van der Waals surface area contributed by atoms with E-state index in [0.29, 0.717) is 49.4 Å². The summed E-state index contributed by atoms with van der Waals surface area (Å²) in [6, 6.07) is 13.1. The highest BCUT2D eigenvalue weighted by molar-refractivity contribution is 6.36. The van der Waals surface area contributed by atoms with E-state index in [9.17, 15) is 4.79 Å². The molecule has 31 heavy (non-hydrogen) atoms. The molecule has 162 valence electrons. The minimum Gasteiger partial charge on any atom is -0.493 e. The molecule has 0 amide bonds. The summed E-state index contributed by atoms with van der Waals surface area (Å²) in [6.07, 6.45) is 0. The number of nitrogens with one attached hydrogen (secondary N) is 1. The van der Waals surface area contributed by atoms with Crippen molar-refractivity contribution in [2.45, 2.75) is 13.2 Å². The van der Waals surface area contributed by atoms with E-state index in [1.165, 1.54) is 25.3 Å². The van der Waals surface area contributed by atoms with E-state index >= 15 is 0 Å². The summed E-state index contributed by atoms with van der Waals surface area (Å²) in [4.78, 5) is 11.2. The van der Waals surface area contributed by atoms with Crippen LogP contribution in [0.1, 0.15) is 21.5 Å². The van der Waals surface area contributed by atoms with Gasteiger partial charge in [-0.2, -0.15) is 0 Å². The van der Waals surface area contributed by atoms with Gasteiger partial charge in [-0.1, -0.05) is 52.5 Å². The van der Waals surface area contributed by atoms with Crippen molar-refractivity contribution in [1.82, 2.24) is 0 Å². The predicted octanol–water partition coefficient (Wildman–Crippen LogP) is 7.20. The number of anilines is 1. The largest absolute Gasteiger partial charge is 0.493 e. The molecule has 0 saturated heterocycles. The van der Waals surface area contributed by atoms with Gasteiger partial charge in [-0.3, -0.25) is 0 Å². The minimum atomic E-state index is -1.04. The average Bonchev–Trinajstić information content (AvgIpc) is 2.73. The van der Waals surface area contributed by atoms with Crippen LogP contribution < -0.4 is 14.8 Å². The number of rotatable bonds is 8. The molecule has 0 atom stereocenters. The number of aromatic carboxylic acids is 1. The molecule has 3 aromatic rings. The lowest BCUT2D eigenvalue weighted by Crippen LogP contribution is -2.04. The highest BCUT2D eigenvalue weighted by Gasteiger charge is 2.15. The molecule has 0 saturated carbocycles. The van der Waals surface area contributed by atoms with Crippen LogP contribution in [0.15, 0.2) is 48.5 Å². The lowest BCUT2D eigenvalue weighted by atomic mass is 10.1. The predicted molar refractivity (Wildman–Crippen MR) is 125 cm³/mol. The molecule has 0 bridgehead atoms. The third-order valence-electron chi connectivity index (χ3n) is 4.41. The van der Waals surface area contributed by atoms with E-state index < -0.39 is 5.97 Å². The van der Waals surface area contributed by atoms with Gasteiger partial charge in [0.1, 0.15) is 6.61 Å². The van der Waals surface area contributed by atoms with Crippen LogP contribution in [0.25, 0.3) is 0 Å². The van der Waals surface area contributed by atoms with E-state index in [1.54, 1.807) is 30.3 Å². The van der Waals surface area contributed by atoms with Crippen molar-refractivity contribution in [2.75, 3.05) is 12.4 Å². The van der Waals surface area contributed by atoms with Crippen LogP contribution in [0.5, 0.6) is 11.5 Å². The van der Waals surface area contributed by atoms with E-state index in [-0.39, 0.29) is 12.2 Å². The number of methoxy groups -OCH3 is 1. The molecular formula is C22H17Cl4NO4. The van der Waals surface area contributed by atoms with Gasteiger partial charge < -0.3 is 19.9 Å². The molecule has 3 rings (SSSR count). The van der Waals surface area contributed by atoms with Crippen molar-refractivity contribution < 1.29 is 19.4 Å². The van der Waals surface area contributed by atoms with Crippen LogP contribution >= 0.6 is 46.4 Å². The van der Waals surface area contributed by atoms with E-state index in [1.807, 2.05) is 0 Å². The summed E-state index contributed by atoms with van der Waals surface area (Å²) in [5, 5.41) is 14.0. The smallest absolute Gasteiger partial charge is 0.335 e. The van der Waals surface area contributed by atoms with Gasteiger partial charge >= 0.3 is 5.97 Å². The van der Waals surface area contributed by atoms with Crippen LogP contribution in [0.2, 0.25) is 20.1 Å². The van der Waals surface area contributed by atoms with Gasteiger partial charge in [0.05, 0.1) is 28.4 Å². The molecule has 0 aliphatic rings. The molecular weight excluding hydrogens is 484 g/mol. The molecule has 5 nitrogen and oxygen atoms in total. The van der Waals surface area contributed by atoms with Gasteiger partial charge in [0.25, 0.3) is 0 Å². The van der Waals surface area contributed by atoms with E-state index in [4.69, 9.17) is 61.0 Å². The van der Waals surface area contributed by atoms with Crippen molar-refractivity contribution in [2.24, 2.45) is 0 Å². The number of halogens is 4. The van der Waals surface area contributed by atoms with Crippen LogP contribution in [-0.4, -0.2) is 18.2 Å². The molecule has 0 aromatic heterocycles. The Balaban J connectivity index is 1.78. The van der Waals surface area contributed by atoms with Gasteiger partial charge in [0.15, 0.2) is 11.5 Å². The zero-order valence-corrected chi connectivity index (χ0v) is 19.2. The Labute approximate surface area is 199 Å². The molecule has 0 aliphatic heterocycles. The standard InChI is InChI=1S/C22H17Cl4NO4/c1-30-20-8-12(10-27-19-9-13(22(28)29)5-6-17(19)25)7-18(26)21(20)31-11-14-15(23)3-2-4-16(14)24/h2-9,27H,10-11H2,1H3,(H,28,29). The Morgan fingerprint density at radius 3 is 2.32 bits per heavy atom. The maximum absolute atomic E-state index is 11.2. The lowest BCUT2D eigenvalue weighted by Gasteiger charge is -2.16. The fourth-order valence-electron chi connectivity index (χ4n) is 2.82. The molecule has 0 spiro atoms. The first kappa shape index (κ1) is 23.4. The Hall–Kier alpha value is -2.31. The quantitative estimate of drug-likeness (QED) is 0.342. The molecule has 3 aromatic carbocycles. The molecule has 0 heterocycles. The number of carboxylic acids is 1. The van der Waals surface area contributed by atoms with Crippen LogP contribution in [0.4, 0.5) is 5.69 Å². The number of carboxylic acid groups (broad SMARTS) is 1. The first-order valence-corrected chi connectivity index (χ1v) is 10.5. The summed E-state index contributed by atoms with van der Waals surface area (Å²) in [5.74, 6) is -0.253. The maximum Gasteiger partial charge on any atom is 0.335 e. The second-order valence-electron chi connectivity index (χ2n) is 6.45. The number of hydrogen-bond acceptors (Lipinski definition) is 4. The van der Waals surface area contributed by atoms with Gasteiger partial charge in [-0.05, 0) is 48.0 Å². The number of carbonyl (C=O) groups is 1. The SMILES string of the molecule is COc1cc(CNc2cc(C(=O)O)ccc2Cl)cc(Cl)c1OCc1c(Cl)cccc1Cl. The molecule has 2 N–H and O–H groups in total. The van der Waals surface area contributed by atoms with E-state index in [2.05, 4.69) is 5.32 Å². The lowest BCUT2D eigenvalue weighted by molar-refractivity contribution is 0.0697. The molecule has 9 heteroatoms. The van der Waals surface area contributed by atoms with Crippen molar-refractivity contribution in [3.63, 3.8) is 0 Å². The highest BCUT2D eigenvalue weighted by Crippen LogP contribution is 2.38. The summed E-state index contributed by atoms with van der Waals surface area (Å²) < 4.78 is 11.3. The summed E-state index contributed by atoms with van der Waals surface area (Å²) in [6.45, 7) is 0.444. The first-order chi connectivity index (χ1) is 14.8. The van der Waals surface area contributed by atoms with Gasteiger partial charge in [0.2, 0.25) is 0 Å². The summed E-state index contributed by atoms with van der Waals surface area (Å²) in [7, 11) is 1.51. The fraction of sp³-hybridized carbons (Fsp3) is 0.136. The Morgan fingerprint density at radius 1 is 0.968 bits per heavy atom. The zero-order valence-electron chi connectivity index (χ0n) is 16.2. The molecule has 0 radical (unpaired) electrons. The third-order valence-corrected chi connectivity index (χ3v) is 5.73. The number of ether oxygens (including phenoxy) is 2. The van der Waals surface area contributed by atoms with Crippen molar-refractivity contribution in [3.05, 3.63) is 85.3 Å². The summed E-state index contributed by atoms with van der Waals surface area (Å²) >= 11 is 25.0. The van der Waals surface area contributed by atoms with Crippen molar-refractivity contribution in [1.29, 1.82) is 0 Å². The third kappa shape index (κ3) is 5.69. The molecule has 0 fully saturated rings. The monoisotopic (exact) mass is 499 g/mol. The average molecular weight is 501 g/mol. The molecule has 0 aliphatic carbocycles. The second-order valence-corrected chi connectivity index (χ2v) is 8.08. The number of hydrogen-bond donors (Lipinski definition) is 2. The Bertz CT molecular complexity index is 1100. The summed E-state index contributed by atoms with van der Waals surface area (Å²) in [5.41, 5.74) is 2.04. The molecule has 0 unspecified atom stereocenters. The maximum atomic E-state index is 11.2. The zero-order chi connectivity index (χ0) is 22.5. The minimum absolute atomic E-state index is 0.115. The Kier molecular flexibility index (Phi) is 7.79. The normalized spacial score (nSPS) is 10.6. The topological polar surface area (TPSA) is 67.8 Å². The van der Waals surface area contributed by atoms with Gasteiger partial charge in [-0.25, -0.2) is 4.79 Å². The fourth-order valence-corrected chi connectivity index (χ4v) is 3.80. The van der Waals surface area contributed by atoms with Crippen LogP contribution in [-0.2, 0) is 13.2 Å². The number of benzene rings is 3. The van der Waals surface area contributed by atoms with Gasteiger partial charge in [0, 0.05) is 22.2 Å². The second kappa shape index (κ2) is 10.3. The highest BCUT2D eigenvalue weighted by atomic mass is 35.5. The van der Waals surface area contributed by atoms with Crippen LogP contribution in [0, 0.1) is 0 Å². The van der Waals surface area contributed by atoms with E-state index in [0.717, 1.165) is 5.56 Å². The first-order valence-electron chi connectivity index (χ1n) is 8.99.